The first-order chi connectivity index (χ1) is 9.31. The van der Waals surface area contributed by atoms with Crippen LogP contribution in [0.4, 0.5) is 5.13 Å². The number of phenols is 1. The monoisotopic (exact) mass is 314 g/mol. The molecule has 0 unspecified atom stereocenters. The number of thiazole rings is 1. The summed E-state index contributed by atoms with van der Waals surface area (Å²) in [6, 6.07) is 2.39. The van der Waals surface area contributed by atoms with Crippen LogP contribution in [0.5, 0.6) is 5.75 Å². The molecule has 20 heavy (non-hydrogen) atoms. The lowest BCUT2D eigenvalue weighted by molar-refractivity contribution is 0.0693. The van der Waals surface area contributed by atoms with E-state index in [1.165, 1.54) is 25.3 Å². The molecule has 0 saturated heterocycles. The van der Waals surface area contributed by atoms with Gasteiger partial charge >= 0.3 is 5.97 Å². The molecule has 2 rings (SSSR count). The van der Waals surface area contributed by atoms with Crippen LogP contribution in [0, 0.1) is 6.92 Å². The molecule has 9 heteroatoms. The summed E-state index contributed by atoms with van der Waals surface area (Å²) < 4.78 is 26.5. The second kappa shape index (κ2) is 5.10. The van der Waals surface area contributed by atoms with Gasteiger partial charge in [0.05, 0.1) is 0 Å². The number of carboxylic acid groups (broad SMARTS) is 1. The topological polar surface area (TPSA) is 117 Å². The Morgan fingerprint density at radius 3 is 2.65 bits per heavy atom. The Morgan fingerprint density at radius 2 is 2.10 bits per heavy atom. The Bertz CT molecular complexity index is 753. The van der Waals surface area contributed by atoms with Crippen LogP contribution in [-0.2, 0) is 10.0 Å². The summed E-state index contributed by atoms with van der Waals surface area (Å²) >= 11 is 1.07. The fraction of sp³-hybridized carbons (Fsp3) is 0.0909. The third kappa shape index (κ3) is 2.73. The predicted octanol–water partition coefficient (Wildman–Crippen LogP) is 1.66. The molecule has 0 aliphatic rings. The van der Waals surface area contributed by atoms with E-state index < -0.39 is 32.2 Å². The summed E-state index contributed by atoms with van der Waals surface area (Å²) in [5.41, 5.74) is -0.0655. The van der Waals surface area contributed by atoms with Crippen molar-refractivity contribution >= 4 is 32.5 Å². The summed E-state index contributed by atoms with van der Waals surface area (Å²) in [6.45, 7) is 1.54. The summed E-state index contributed by atoms with van der Waals surface area (Å²) in [5, 5.41) is 20.5. The minimum Gasteiger partial charge on any atom is -0.506 e. The van der Waals surface area contributed by atoms with Crippen molar-refractivity contribution in [3.8, 4) is 5.75 Å². The van der Waals surface area contributed by atoms with Gasteiger partial charge in [-0.1, -0.05) is 0 Å². The van der Waals surface area contributed by atoms with Crippen molar-refractivity contribution in [3.05, 3.63) is 34.8 Å². The number of rotatable bonds is 4. The van der Waals surface area contributed by atoms with E-state index in [1.807, 2.05) is 0 Å². The Kier molecular flexibility index (Phi) is 3.64. The van der Waals surface area contributed by atoms with E-state index in [-0.39, 0.29) is 5.13 Å². The zero-order valence-corrected chi connectivity index (χ0v) is 11.8. The average molecular weight is 314 g/mol. The Balaban J connectivity index is 2.54. The maximum Gasteiger partial charge on any atom is 0.339 e. The molecule has 0 radical (unpaired) electrons. The van der Waals surface area contributed by atoms with E-state index in [4.69, 9.17) is 5.11 Å². The lowest BCUT2D eigenvalue weighted by atomic mass is 10.1. The molecular weight excluding hydrogens is 304 g/mol. The summed E-state index contributed by atoms with van der Waals surface area (Å²) in [4.78, 5) is 14.3. The number of aryl methyl sites for hydroxylation is 1. The number of aromatic carboxylic acids is 1. The number of nitrogens with zero attached hydrogens (tertiary/aromatic N) is 1. The maximum atomic E-state index is 12.2. The molecule has 7 nitrogen and oxygen atoms in total. The number of sulfonamides is 1. The van der Waals surface area contributed by atoms with Crippen LogP contribution in [-0.4, -0.2) is 29.6 Å². The van der Waals surface area contributed by atoms with Gasteiger partial charge in [-0.15, -0.1) is 11.3 Å². The van der Waals surface area contributed by atoms with Gasteiger partial charge in [-0.25, -0.2) is 18.2 Å². The third-order valence-electron chi connectivity index (χ3n) is 2.39. The van der Waals surface area contributed by atoms with Crippen molar-refractivity contribution < 1.29 is 23.4 Å². The minimum absolute atomic E-state index is 0.128. The van der Waals surface area contributed by atoms with Gasteiger partial charge in [0.2, 0.25) is 0 Å². The van der Waals surface area contributed by atoms with Crippen molar-refractivity contribution in [2.75, 3.05) is 4.72 Å². The van der Waals surface area contributed by atoms with Gasteiger partial charge < -0.3 is 10.2 Å². The second-order valence-electron chi connectivity index (χ2n) is 3.91. The van der Waals surface area contributed by atoms with Gasteiger partial charge in [0.15, 0.2) is 10.9 Å². The molecule has 0 bridgehead atoms. The predicted molar refractivity (Wildman–Crippen MR) is 72.7 cm³/mol. The largest absolute Gasteiger partial charge is 0.506 e. The molecule has 0 saturated carbocycles. The third-order valence-corrected chi connectivity index (χ3v) is 4.56. The molecule has 2 aromatic rings. The van der Waals surface area contributed by atoms with E-state index in [0.29, 0.717) is 5.56 Å². The average Bonchev–Trinajstić information content (AvgIpc) is 2.83. The normalized spacial score (nSPS) is 11.2. The molecule has 0 spiro atoms. The SMILES string of the molecule is Cc1cc(C(=O)O)c(O)c(S(=O)(=O)Nc2nccs2)c1. The van der Waals surface area contributed by atoms with Crippen LogP contribution < -0.4 is 4.72 Å². The van der Waals surface area contributed by atoms with Crippen LogP contribution in [0.1, 0.15) is 15.9 Å². The quantitative estimate of drug-likeness (QED) is 0.790. The number of aromatic hydroxyl groups is 1. The number of benzene rings is 1. The number of hydrogen-bond acceptors (Lipinski definition) is 6. The molecule has 1 aromatic carbocycles. The van der Waals surface area contributed by atoms with Gasteiger partial charge in [-0.3, -0.25) is 4.72 Å². The highest BCUT2D eigenvalue weighted by Gasteiger charge is 2.24. The van der Waals surface area contributed by atoms with E-state index in [1.54, 1.807) is 5.38 Å². The van der Waals surface area contributed by atoms with Crippen LogP contribution in [0.3, 0.4) is 0 Å². The molecule has 3 N–H and O–H groups in total. The Morgan fingerprint density at radius 1 is 1.40 bits per heavy atom. The number of anilines is 1. The van der Waals surface area contributed by atoms with E-state index >= 15 is 0 Å². The lowest BCUT2D eigenvalue weighted by Gasteiger charge is -2.10. The van der Waals surface area contributed by atoms with Gasteiger partial charge in [-0.05, 0) is 24.6 Å². The van der Waals surface area contributed by atoms with Crippen molar-refractivity contribution in [3.63, 3.8) is 0 Å². The highest BCUT2D eigenvalue weighted by atomic mass is 32.2. The number of carbonyl (C=O) groups is 1. The van der Waals surface area contributed by atoms with Crippen molar-refractivity contribution in [1.82, 2.24) is 4.98 Å². The molecule has 0 fully saturated rings. The van der Waals surface area contributed by atoms with Crippen LogP contribution >= 0.6 is 11.3 Å². The fourth-order valence-corrected chi connectivity index (χ4v) is 3.55. The van der Waals surface area contributed by atoms with Crippen LogP contribution in [0.2, 0.25) is 0 Å². The van der Waals surface area contributed by atoms with E-state index in [9.17, 15) is 18.3 Å². The van der Waals surface area contributed by atoms with Gasteiger partial charge in [0, 0.05) is 11.6 Å². The molecular formula is C11H10N2O5S2. The molecule has 1 heterocycles. The van der Waals surface area contributed by atoms with Crippen LogP contribution in [0.25, 0.3) is 0 Å². The second-order valence-corrected chi connectivity index (χ2v) is 6.45. The summed E-state index contributed by atoms with van der Waals surface area (Å²) in [7, 11) is -4.11. The number of aromatic nitrogens is 1. The standard InChI is InChI=1S/C11H10N2O5S2/c1-6-4-7(10(15)16)9(14)8(5-6)20(17,18)13-11-12-2-3-19-11/h2-5,14H,1H3,(H,12,13)(H,15,16). The van der Waals surface area contributed by atoms with E-state index in [2.05, 4.69) is 9.71 Å². The Labute approximate surface area is 118 Å². The van der Waals surface area contributed by atoms with Gasteiger partial charge in [0.1, 0.15) is 10.5 Å². The number of nitrogens with one attached hydrogen (secondary N) is 1. The minimum atomic E-state index is -4.11. The fourth-order valence-electron chi connectivity index (χ4n) is 1.56. The van der Waals surface area contributed by atoms with Gasteiger partial charge in [-0.2, -0.15) is 0 Å². The molecule has 0 amide bonds. The molecule has 1 aromatic heterocycles. The number of carboxylic acids is 1. The summed E-state index contributed by atoms with van der Waals surface area (Å²) in [6.07, 6.45) is 1.42. The van der Waals surface area contributed by atoms with Gasteiger partial charge in [0.25, 0.3) is 10.0 Å². The first kappa shape index (κ1) is 14.3. The molecule has 0 aliphatic carbocycles. The van der Waals surface area contributed by atoms with Crippen molar-refractivity contribution in [1.29, 1.82) is 0 Å². The highest BCUT2D eigenvalue weighted by molar-refractivity contribution is 7.93. The highest BCUT2D eigenvalue weighted by Crippen LogP contribution is 2.30. The molecule has 0 aliphatic heterocycles. The molecule has 0 atom stereocenters. The maximum absolute atomic E-state index is 12.2. The number of hydrogen-bond donors (Lipinski definition) is 3. The van der Waals surface area contributed by atoms with E-state index in [0.717, 1.165) is 11.3 Å². The lowest BCUT2D eigenvalue weighted by Crippen LogP contribution is -2.14. The zero-order valence-electron chi connectivity index (χ0n) is 10.2. The first-order valence-corrected chi connectivity index (χ1v) is 7.67. The summed E-state index contributed by atoms with van der Waals surface area (Å²) in [5.74, 6) is -2.20. The zero-order chi connectivity index (χ0) is 14.9. The van der Waals surface area contributed by atoms with Crippen LogP contribution in [0.15, 0.2) is 28.6 Å². The smallest absolute Gasteiger partial charge is 0.339 e. The Hall–Kier alpha value is -2.13. The molecule has 106 valence electrons. The van der Waals surface area contributed by atoms with Crippen molar-refractivity contribution in [2.24, 2.45) is 0 Å². The van der Waals surface area contributed by atoms with Crippen molar-refractivity contribution in [2.45, 2.75) is 11.8 Å². The first-order valence-electron chi connectivity index (χ1n) is 5.30.